The Morgan fingerprint density at radius 2 is 0.284 bits per heavy atom. The molecule has 0 fully saturated rings. The van der Waals surface area contributed by atoms with Gasteiger partial charge in [-0.25, -0.2) is 0 Å². The zero-order chi connectivity index (χ0) is 42.6. The first-order valence-electron chi connectivity index (χ1n) is 12.5. The number of hydrogen-bond acceptors (Lipinski definition) is 40. The molecule has 0 unspecified atom stereocenters. The van der Waals surface area contributed by atoms with Crippen LogP contribution in [0, 0.1) is 0 Å². The fraction of sp³-hybridized carbons (Fsp3) is 0.500. The molecule has 0 saturated carbocycles. The average molecular weight is 1230 g/mol. The number of carbonyl (C=O) groups excluding carboxylic acids is 12. The van der Waals surface area contributed by atoms with Crippen LogP contribution >= 0.6 is 0 Å². The van der Waals surface area contributed by atoms with Crippen LogP contribution in [-0.2, 0) is 136 Å². The van der Waals surface area contributed by atoms with E-state index in [9.17, 15) is 119 Å². The van der Waals surface area contributed by atoms with E-state index < -0.39 is 145 Å². The molecule has 0 heterocycles. The Bertz CT molecular complexity index is 1180. The van der Waals surface area contributed by atoms with E-state index in [0.717, 1.165) is 0 Å². The molecule has 0 aromatic rings. The second-order valence-electron chi connectivity index (χ2n) is 9.67. The molecule has 392 valence electrons. The fourth-order valence-electron chi connectivity index (χ4n) is 2.74. The van der Waals surface area contributed by atoms with Gasteiger partial charge in [-0.2, -0.15) is 0 Å². The predicted molar refractivity (Wildman–Crippen MR) is 177 cm³/mol. The molecule has 43 heteroatoms. The van der Waals surface area contributed by atoms with Gasteiger partial charge in [0.2, 0.25) is 0 Å². The number of aliphatic carboxylic acids is 12. The van der Waals surface area contributed by atoms with Crippen molar-refractivity contribution in [2.24, 2.45) is 0 Å². The molecule has 40 N–H and O–H groups in total. The number of carboxylic acid groups (broad SMARTS) is 12. The summed E-state index contributed by atoms with van der Waals surface area (Å²) in [6.07, 6.45) is -10.9. The number of aliphatic hydroxyl groups is 4. The third-order valence-corrected chi connectivity index (χ3v) is 5.01. The summed E-state index contributed by atoms with van der Waals surface area (Å²) in [7, 11) is 0. The number of carbonyl (C=O) groups is 12. The normalized spacial score (nSPS) is 8.42. The van der Waals surface area contributed by atoms with Gasteiger partial charge in [-0.1, -0.05) is 0 Å². The Labute approximate surface area is 434 Å². The standard InChI is InChI=1S/4C6H8O7.12H3N.3Zr/c4*7-3(8)1-6(13,5(11)12)2-4(9)10;;;;;;;;;;;;;;;/h4*13H,1-2H2,(H,7,8)(H,9,10)(H,11,12);12*1H3;;;/q;;;;;;;;;;;;;;;;3*+4/p-12. The third-order valence-electron chi connectivity index (χ3n) is 5.01. The van der Waals surface area contributed by atoms with E-state index in [1.54, 1.807) is 0 Å². The molecule has 0 rings (SSSR count). The summed E-state index contributed by atoms with van der Waals surface area (Å²) in [4.78, 5) is 120. The van der Waals surface area contributed by atoms with Crippen LogP contribution in [0.15, 0.2) is 0 Å². The molecule has 0 aliphatic heterocycles. The number of rotatable bonds is 20. The monoisotopic (exact) mass is 1230 g/mol. The predicted octanol–water partition coefficient (Wildman–Crippen LogP) is -19.1. The van der Waals surface area contributed by atoms with Crippen LogP contribution in [0.2, 0.25) is 0 Å². The maximum Gasteiger partial charge on any atom is 4.00 e. The molecule has 0 saturated heterocycles. The van der Waals surface area contributed by atoms with Gasteiger partial charge in [-0.3, -0.25) is 0 Å². The van der Waals surface area contributed by atoms with Crippen LogP contribution in [0.4, 0.5) is 0 Å². The minimum Gasteiger partial charge on any atom is -0.550 e. The number of hydrogen-bond donors (Lipinski definition) is 16. The maximum absolute atomic E-state index is 10.1. The molecule has 0 aliphatic rings. The van der Waals surface area contributed by atoms with E-state index in [1.165, 1.54) is 0 Å². The molecule has 0 aromatic carbocycles. The topological polar surface area (TPSA) is 982 Å². The average Bonchev–Trinajstić information content (AvgIpc) is 2.85. The van der Waals surface area contributed by atoms with Crippen LogP contribution < -0.4 is 135 Å². The Kier molecular flexibility index (Phi) is 104. The van der Waals surface area contributed by atoms with E-state index in [2.05, 4.69) is 0 Å². The van der Waals surface area contributed by atoms with E-state index in [-0.39, 0.29) is 152 Å². The van der Waals surface area contributed by atoms with Crippen LogP contribution in [0.5, 0.6) is 0 Å². The smallest absolute Gasteiger partial charge is 0.550 e. The summed E-state index contributed by atoms with van der Waals surface area (Å²) < 4.78 is 0. The molecule has 0 bridgehead atoms. The Hall–Kier alpha value is -4.35. The summed E-state index contributed by atoms with van der Waals surface area (Å²) in [5.74, 6) is -23.9. The van der Waals surface area contributed by atoms with Crippen molar-refractivity contribution in [2.75, 3.05) is 0 Å². The SMILES string of the molecule is N.N.N.N.N.N.N.N.N.N.N.N.O=C([O-])CC(O)(CC(=O)[O-])C(=O)[O-].O=C([O-])CC(O)(CC(=O)[O-])C(=O)[O-].O=C([O-])CC(O)(CC(=O)[O-])C(=O)[O-].O=C([O-])CC(O)(CC(=O)[O-])C(=O)[O-].[Zr+4].[Zr+4].[Zr+4]. The van der Waals surface area contributed by atoms with Crippen molar-refractivity contribution < 1.29 is 218 Å². The second-order valence-corrected chi connectivity index (χ2v) is 9.67. The summed E-state index contributed by atoms with van der Waals surface area (Å²) in [6, 6.07) is 0. The third kappa shape index (κ3) is 61.6. The van der Waals surface area contributed by atoms with Crippen molar-refractivity contribution in [1.82, 2.24) is 73.8 Å². The molecule has 67 heavy (non-hydrogen) atoms. The van der Waals surface area contributed by atoms with Gasteiger partial charge >= 0.3 is 78.6 Å². The minimum atomic E-state index is -2.97. The van der Waals surface area contributed by atoms with Gasteiger partial charge in [0, 0.05) is 99.1 Å². The van der Waals surface area contributed by atoms with Crippen LogP contribution in [0.25, 0.3) is 0 Å². The van der Waals surface area contributed by atoms with Gasteiger partial charge in [0.05, 0.1) is 23.9 Å². The van der Waals surface area contributed by atoms with Gasteiger partial charge in [0.1, 0.15) is 22.4 Å². The summed E-state index contributed by atoms with van der Waals surface area (Å²) >= 11 is 0. The maximum atomic E-state index is 10.1. The summed E-state index contributed by atoms with van der Waals surface area (Å²) in [6.45, 7) is 0. The molecule has 0 aliphatic carbocycles. The van der Waals surface area contributed by atoms with Crippen molar-refractivity contribution in [3.8, 4) is 0 Å². The van der Waals surface area contributed by atoms with Crippen molar-refractivity contribution >= 4 is 71.6 Å². The molecule has 0 atom stereocenters. The van der Waals surface area contributed by atoms with Crippen LogP contribution in [0.3, 0.4) is 0 Å². The first-order valence-corrected chi connectivity index (χ1v) is 12.5. The first-order chi connectivity index (χ1) is 23.1. The van der Waals surface area contributed by atoms with Crippen LogP contribution in [0.1, 0.15) is 51.4 Å². The first kappa shape index (κ1) is 125. The van der Waals surface area contributed by atoms with E-state index >= 15 is 0 Å². The molecular weight excluding hydrogens is 1180 g/mol. The Morgan fingerprint density at radius 1 is 0.224 bits per heavy atom. The zero-order valence-corrected chi connectivity index (χ0v) is 42.6. The van der Waals surface area contributed by atoms with Crippen molar-refractivity contribution in [1.29, 1.82) is 0 Å². The largest absolute Gasteiger partial charge is 4.00 e. The Morgan fingerprint density at radius 3 is 0.313 bits per heavy atom. The fourth-order valence-corrected chi connectivity index (χ4v) is 2.74. The molecule has 0 spiro atoms. The Balaban J connectivity index is -0.0000000251. The zero-order valence-electron chi connectivity index (χ0n) is 35.2. The molecule has 40 nitrogen and oxygen atoms in total. The van der Waals surface area contributed by atoms with Gasteiger partial charge in [-0.05, 0) is 0 Å². The quantitative estimate of drug-likeness (QED) is 0.0538. The molecule has 0 radical (unpaired) electrons. The van der Waals surface area contributed by atoms with Gasteiger partial charge in [-0.15, -0.1) is 0 Å². The summed E-state index contributed by atoms with van der Waals surface area (Å²) in [5, 5.41) is 156. The van der Waals surface area contributed by atoms with Gasteiger partial charge in [0.25, 0.3) is 0 Å². The van der Waals surface area contributed by atoms with Crippen molar-refractivity contribution in [3.63, 3.8) is 0 Å². The van der Waals surface area contributed by atoms with E-state index in [0.29, 0.717) is 0 Å². The minimum absolute atomic E-state index is 0. The van der Waals surface area contributed by atoms with Crippen molar-refractivity contribution in [2.45, 2.75) is 73.8 Å². The van der Waals surface area contributed by atoms with Crippen molar-refractivity contribution in [3.05, 3.63) is 0 Å². The number of carboxylic acids is 12. The van der Waals surface area contributed by atoms with Gasteiger partial charge in [0.15, 0.2) is 0 Å². The molecular formula is C24H56N12O28Zr3. The van der Waals surface area contributed by atoms with E-state index in [4.69, 9.17) is 20.4 Å². The molecule has 0 amide bonds. The van der Waals surface area contributed by atoms with Gasteiger partial charge < -0.3 is 213 Å². The van der Waals surface area contributed by atoms with Crippen LogP contribution in [-0.4, -0.2) is 114 Å². The van der Waals surface area contributed by atoms with E-state index in [1.807, 2.05) is 0 Å². The summed E-state index contributed by atoms with van der Waals surface area (Å²) in [5.41, 5.74) is -11.9. The second kappa shape index (κ2) is 56.0. The molecule has 0 aromatic heterocycles.